The maximum Gasteiger partial charge on any atom is 0.0230 e. The molecule has 0 aliphatic carbocycles. The number of hydrogen-bond donors (Lipinski definition) is 1. The monoisotopic (exact) mass is 262 g/mol. The topological polar surface area (TPSA) is 15.3 Å². The molecule has 1 unspecified atom stereocenters. The molecule has 0 spiro atoms. The molecule has 0 saturated carbocycles. The van der Waals surface area contributed by atoms with Gasteiger partial charge in [-0.2, -0.15) is 0 Å². The zero-order chi connectivity index (χ0) is 14.5. The highest BCUT2D eigenvalue weighted by Crippen LogP contribution is 2.21. The number of nitrogens with zero attached hydrogens (tertiary/aromatic N) is 1. The molecule has 19 heavy (non-hydrogen) atoms. The molecule has 0 saturated heterocycles. The number of hydrogen-bond acceptors (Lipinski definition) is 2. The molecule has 1 aromatic rings. The summed E-state index contributed by atoms with van der Waals surface area (Å²) in [5, 5.41) is 3.44. The minimum atomic E-state index is 0.319. The van der Waals surface area contributed by atoms with Crippen LogP contribution in [-0.4, -0.2) is 31.6 Å². The number of benzene rings is 1. The third-order valence-electron chi connectivity index (χ3n) is 3.77. The maximum absolute atomic E-state index is 3.44. The second-order valence-corrected chi connectivity index (χ2v) is 6.72. The van der Waals surface area contributed by atoms with E-state index in [0.717, 1.165) is 13.1 Å². The molecule has 0 amide bonds. The van der Waals surface area contributed by atoms with Crippen molar-refractivity contribution in [2.75, 3.05) is 20.6 Å². The zero-order valence-electron chi connectivity index (χ0n) is 13.5. The van der Waals surface area contributed by atoms with Crippen LogP contribution in [0, 0.1) is 12.3 Å². The fourth-order valence-corrected chi connectivity index (χ4v) is 2.44. The summed E-state index contributed by atoms with van der Waals surface area (Å²) in [4.78, 5) is 2.40. The van der Waals surface area contributed by atoms with Gasteiger partial charge in [0.25, 0.3) is 0 Å². The average molecular weight is 262 g/mol. The number of nitrogens with one attached hydrogen (secondary N) is 1. The largest absolute Gasteiger partial charge is 0.316 e. The minimum absolute atomic E-state index is 0.319. The summed E-state index contributed by atoms with van der Waals surface area (Å²) in [6, 6.07) is 9.40. The van der Waals surface area contributed by atoms with Crippen molar-refractivity contribution in [2.24, 2.45) is 5.41 Å². The lowest BCUT2D eigenvalue weighted by molar-refractivity contribution is 0.227. The lowest BCUT2D eigenvalue weighted by Crippen LogP contribution is -2.40. The molecule has 0 aliphatic rings. The zero-order valence-corrected chi connectivity index (χ0v) is 13.5. The number of aryl methyl sites for hydroxylation is 1. The first kappa shape index (κ1) is 16.2. The van der Waals surface area contributed by atoms with Crippen LogP contribution < -0.4 is 5.32 Å². The van der Waals surface area contributed by atoms with Gasteiger partial charge in [0, 0.05) is 12.6 Å². The van der Waals surface area contributed by atoms with Gasteiger partial charge in [0.2, 0.25) is 0 Å². The maximum atomic E-state index is 3.44. The molecule has 0 fully saturated rings. The Balaban J connectivity index is 2.43. The Bertz CT molecular complexity index is 362. The Kier molecular flexibility index (Phi) is 6.02. The van der Waals surface area contributed by atoms with Gasteiger partial charge in [-0.1, -0.05) is 50.6 Å². The molecule has 0 radical (unpaired) electrons. The molecule has 0 aromatic heterocycles. The van der Waals surface area contributed by atoms with E-state index in [1.54, 1.807) is 0 Å². The van der Waals surface area contributed by atoms with Crippen LogP contribution in [0.2, 0.25) is 0 Å². The van der Waals surface area contributed by atoms with Gasteiger partial charge in [-0.25, -0.2) is 0 Å². The van der Waals surface area contributed by atoms with Crippen molar-refractivity contribution in [1.29, 1.82) is 0 Å². The Morgan fingerprint density at radius 3 is 2.21 bits per heavy atom. The molecule has 1 rings (SSSR count). The highest BCUT2D eigenvalue weighted by Gasteiger charge is 2.22. The molecule has 1 atom stereocenters. The van der Waals surface area contributed by atoms with Crippen molar-refractivity contribution < 1.29 is 0 Å². The summed E-state index contributed by atoms with van der Waals surface area (Å²) in [6.45, 7) is 11.2. The molecule has 108 valence electrons. The number of rotatable bonds is 6. The molecule has 1 N–H and O–H groups in total. The van der Waals surface area contributed by atoms with Gasteiger partial charge in [0.05, 0.1) is 0 Å². The summed E-state index contributed by atoms with van der Waals surface area (Å²) in [5.41, 5.74) is 3.04. The molecule has 0 bridgehead atoms. The van der Waals surface area contributed by atoms with Crippen LogP contribution >= 0.6 is 0 Å². The van der Waals surface area contributed by atoms with E-state index >= 15 is 0 Å². The standard InChI is InChI=1S/C17H30N2/c1-14-7-9-15(10-8-14)13-19(6)12-11-16(18-5)17(2,3)4/h7-10,16,18H,11-13H2,1-6H3. The Hall–Kier alpha value is -0.860. The van der Waals surface area contributed by atoms with Gasteiger partial charge in [-0.3, -0.25) is 0 Å². The first-order valence-electron chi connectivity index (χ1n) is 7.24. The van der Waals surface area contributed by atoms with Crippen molar-refractivity contribution in [3.8, 4) is 0 Å². The van der Waals surface area contributed by atoms with E-state index in [-0.39, 0.29) is 0 Å². The van der Waals surface area contributed by atoms with Gasteiger partial charge >= 0.3 is 0 Å². The first-order valence-corrected chi connectivity index (χ1v) is 7.24. The van der Waals surface area contributed by atoms with Crippen LogP contribution in [0.4, 0.5) is 0 Å². The van der Waals surface area contributed by atoms with Crippen molar-refractivity contribution in [2.45, 2.75) is 46.7 Å². The smallest absolute Gasteiger partial charge is 0.0230 e. The summed E-state index contributed by atoms with van der Waals surface area (Å²) in [7, 11) is 4.27. The lowest BCUT2D eigenvalue weighted by Gasteiger charge is -2.32. The molecule has 1 aromatic carbocycles. The van der Waals surface area contributed by atoms with Crippen molar-refractivity contribution in [3.05, 3.63) is 35.4 Å². The van der Waals surface area contributed by atoms with Crippen LogP contribution in [0.25, 0.3) is 0 Å². The van der Waals surface area contributed by atoms with E-state index in [1.807, 2.05) is 0 Å². The second-order valence-electron chi connectivity index (χ2n) is 6.72. The first-order chi connectivity index (χ1) is 8.82. The molecule has 0 aliphatic heterocycles. The third kappa shape index (κ3) is 5.75. The van der Waals surface area contributed by atoms with Gasteiger partial charge in [0.1, 0.15) is 0 Å². The van der Waals surface area contributed by atoms with Gasteiger partial charge in [-0.15, -0.1) is 0 Å². The molecule has 0 heterocycles. The van der Waals surface area contributed by atoms with Crippen molar-refractivity contribution in [3.63, 3.8) is 0 Å². The normalized spacial score (nSPS) is 13.8. The van der Waals surface area contributed by atoms with Crippen molar-refractivity contribution in [1.82, 2.24) is 10.2 Å². The minimum Gasteiger partial charge on any atom is -0.316 e. The van der Waals surface area contributed by atoms with E-state index < -0.39 is 0 Å². The predicted octanol–water partition coefficient (Wildman–Crippen LogP) is 3.45. The second kappa shape index (κ2) is 7.06. The Labute approximate surface area is 119 Å². The average Bonchev–Trinajstić information content (AvgIpc) is 2.31. The predicted molar refractivity (Wildman–Crippen MR) is 84.4 cm³/mol. The van der Waals surface area contributed by atoms with Crippen LogP contribution in [-0.2, 0) is 6.54 Å². The van der Waals surface area contributed by atoms with E-state index in [1.165, 1.54) is 17.5 Å². The summed E-state index contributed by atoms with van der Waals surface area (Å²) < 4.78 is 0. The highest BCUT2D eigenvalue weighted by molar-refractivity contribution is 5.21. The highest BCUT2D eigenvalue weighted by atomic mass is 15.1. The van der Waals surface area contributed by atoms with Crippen LogP contribution in [0.5, 0.6) is 0 Å². The van der Waals surface area contributed by atoms with Crippen molar-refractivity contribution >= 4 is 0 Å². The molecular formula is C17H30N2. The summed E-state index contributed by atoms with van der Waals surface area (Å²) >= 11 is 0. The molecule has 2 nitrogen and oxygen atoms in total. The van der Waals surface area contributed by atoms with Crippen LogP contribution in [0.3, 0.4) is 0 Å². The van der Waals surface area contributed by atoms with Gasteiger partial charge in [-0.05, 0) is 45.0 Å². The summed E-state index contributed by atoms with van der Waals surface area (Å²) in [5.74, 6) is 0. The van der Waals surface area contributed by atoms with Gasteiger partial charge < -0.3 is 10.2 Å². The van der Waals surface area contributed by atoms with Crippen LogP contribution in [0.15, 0.2) is 24.3 Å². The quantitative estimate of drug-likeness (QED) is 0.844. The van der Waals surface area contributed by atoms with Gasteiger partial charge in [0.15, 0.2) is 0 Å². The molecular weight excluding hydrogens is 232 g/mol. The SMILES string of the molecule is CNC(CCN(C)Cc1ccc(C)cc1)C(C)(C)C. The van der Waals surface area contributed by atoms with E-state index in [9.17, 15) is 0 Å². The fourth-order valence-electron chi connectivity index (χ4n) is 2.44. The van der Waals surface area contributed by atoms with E-state index in [0.29, 0.717) is 11.5 Å². The fraction of sp³-hybridized carbons (Fsp3) is 0.647. The Morgan fingerprint density at radius 2 is 1.74 bits per heavy atom. The van der Waals surface area contributed by atoms with E-state index in [4.69, 9.17) is 0 Å². The lowest BCUT2D eigenvalue weighted by atomic mass is 9.85. The van der Waals surface area contributed by atoms with E-state index in [2.05, 4.69) is 76.3 Å². The third-order valence-corrected chi connectivity index (χ3v) is 3.77. The molecule has 2 heteroatoms. The Morgan fingerprint density at radius 1 is 1.16 bits per heavy atom. The summed E-state index contributed by atoms with van der Waals surface area (Å²) in [6.07, 6.45) is 1.18. The van der Waals surface area contributed by atoms with Crippen LogP contribution in [0.1, 0.15) is 38.3 Å².